The van der Waals surface area contributed by atoms with Gasteiger partial charge in [-0.05, 0) is 30.5 Å². The predicted molar refractivity (Wildman–Crippen MR) is 84.8 cm³/mol. The Bertz CT molecular complexity index is 620. The number of imidazole rings is 1. The molecule has 0 atom stereocenters. The maximum absolute atomic E-state index is 5.91. The van der Waals surface area contributed by atoms with Gasteiger partial charge in [0.25, 0.3) is 0 Å². The molecule has 0 saturated carbocycles. The number of hydrogen-bond acceptors (Lipinski definition) is 4. The summed E-state index contributed by atoms with van der Waals surface area (Å²) >= 11 is 0. The van der Waals surface area contributed by atoms with Crippen molar-refractivity contribution in [2.24, 2.45) is 0 Å². The van der Waals surface area contributed by atoms with Gasteiger partial charge in [-0.3, -0.25) is 0 Å². The topological polar surface area (TPSA) is 62.3 Å². The van der Waals surface area contributed by atoms with Gasteiger partial charge in [-0.25, -0.2) is 4.98 Å². The second-order valence-electron chi connectivity index (χ2n) is 4.62. The first-order chi connectivity index (χ1) is 10.2. The highest BCUT2D eigenvalue weighted by atomic mass is 16.5. The molecule has 1 aliphatic heterocycles. The molecule has 0 unspecified atom stereocenters. The molecule has 0 amide bonds. The summed E-state index contributed by atoms with van der Waals surface area (Å²) in [5.41, 5.74) is 9.33. The van der Waals surface area contributed by atoms with E-state index in [-0.39, 0.29) is 0 Å². The molecule has 0 saturated heterocycles. The van der Waals surface area contributed by atoms with Crippen molar-refractivity contribution in [2.45, 2.75) is 33.2 Å². The Morgan fingerprint density at radius 3 is 2.48 bits per heavy atom. The number of aromatic nitrogens is 2. The predicted octanol–water partition coefficient (Wildman–Crippen LogP) is 3.12. The van der Waals surface area contributed by atoms with E-state index in [2.05, 4.69) is 9.55 Å². The monoisotopic (exact) mass is 289 g/mol. The molecular weight excluding hydrogens is 266 g/mol. The van der Waals surface area contributed by atoms with E-state index in [1.165, 1.54) is 5.56 Å². The fourth-order valence-electron chi connectivity index (χ4n) is 2.63. The maximum atomic E-state index is 5.91. The summed E-state index contributed by atoms with van der Waals surface area (Å²) in [5.74, 6) is 2.06. The lowest BCUT2D eigenvalue weighted by atomic mass is 10.0. The molecule has 0 bridgehead atoms. The summed E-state index contributed by atoms with van der Waals surface area (Å²) < 4.78 is 12.8. The zero-order chi connectivity index (χ0) is 15.4. The lowest BCUT2D eigenvalue weighted by Crippen LogP contribution is -2.03. The smallest absolute Gasteiger partial charge is 0.200 e. The van der Waals surface area contributed by atoms with E-state index in [1.54, 1.807) is 14.2 Å². The van der Waals surface area contributed by atoms with Crippen LogP contribution in [0.4, 0.5) is 5.95 Å². The molecule has 0 fully saturated rings. The Labute approximate surface area is 125 Å². The molecule has 0 spiro atoms. The third kappa shape index (κ3) is 2.68. The minimum absolute atomic E-state index is 0.567. The second-order valence-corrected chi connectivity index (χ2v) is 4.62. The maximum Gasteiger partial charge on any atom is 0.200 e. The number of nitrogen functional groups attached to an aromatic ring is 1. The van der Waals surface area contributed by atoms with E-state index in [1.807, 2.05) is 32.2 Å². The number of anilines is 1. The Kier molecular flexibility index (Phi) is 4.73. The summed E-state index contributed by atoms with van der Waals surface area (Å²) in [5, 5.41) is 0. The van der Waals surface area contributed by atoms with Crippen molar-refractivity contribution in [3.8, 4) is 22.8 Å². The molecular formula is C16H23N3O2. The van der Waals surface area contributed by atoms with Crippen LogP contribution < -0.4 is 15.2 Å². The van der Waals surface area contributed by atoms with Gasteiger partial charge in [0, 0.05) is 12.1 Å². The number of hydrogen-bond donors (Lipinski definition) is 1. The van der Waals surface area contributed by atoms with Gasteiger partial charge in [-0.1, -0.05) is 13.8 Å². The van der Waals surface area contributed by atoms with Crippen LogP contribution in [-0.2, 0) is 13.0 Å². The first kappa shape index (κ1) is 15.2. The molecule has 3 rings (SSSR count). The molecule has 0 aliphatic carbocycles. The van der Waals surface area contributed by atoms with Gasteiger partial charge in [0.05, 0.1) is 26.1 Å². The number of rotatable bonds is 2. The van der Waals surface area contributed by atoms with Crippen molar-refractivity contribution >= 4 is 5.95 Å². The van der Waals surface area contributed by atoms with Gasteiger partial charge in [0.15, 0.2) is 11.5 Å². The van der Waals surface area contributed by atoms with Crippen LogP contribution in [0.3, 0.4) is 0 Å². The van der Waals surface area contributed by atoms with Crippen LogP contribution in [-0.4, -0.2) is 23.8 Å². The molecule has 1 aliphatic rings. The van der Waals surface area contributed by atoms with E-state index in [0.29, 0.717) is 5.95 Å². The van der Waals surface area contributed by atoms with Crippen molar-refractivity contribution in [3.05, 3.63) is 23.9 Å². The zero-order valence-corrected chi connectivity index (χ0v) is 13.1. The van der Waals surface area contributed by atoms with E-state index in [9.17, 15) is 0 Å². The number of aryl methyl sites for hydroxylation is 1. The van der Waals surface area contributed by atoms with Crippen LogP contribution in [0, 0.1) is 0 Å². The van der Waals surface area contributed by atoms with Crippen molar-refractivity contribution in [3.63, 3.8) is 0 Å². The van der Waals surface area contributed by atoms with Gasteiger partial charge in [0.2, 0.25) is 5.95 Å². The molecule has 5 nitrogen and oxygen atoms in total. The van der Waals surface area contributed by atoms with Crippen molar-refractivity contribution < 1.29 is 9.47 Å². The third-order valence-corrected chi connectivity index (χ3v) is 3.60. The number of nitrogens with two attached hydrogens (primary N) is 1. The first-order valence-corrected chi connectivity index (χ1v) is 7.31. The highest BCUT2D eigenvalue weighted by molar-refractivity contribution is 5.70. The lowest BCUT2D eigenvalue weighted by molar-refractivity contribution is 0.354. The Morgan fingerprint density at radius 2 is 1.81 bits per heavy atom. The minimum atomic E-state index is 0.567. The summed E-state index contributed by atoms with van der Waals surface area (Å²) in [4.78, 5) is 4.21. The average Bonchev–Trinajstić information content (AvgIpc) is 2.80. The normalized spacial score (nSPS) is 12.4. The third-order valence-electron chi connectivity index (χ3n) is 3.60. The van der Waals surface area contributed by atoms with Crippen LogP contribution in [0.1, 0.15) is 25.8 Å². The molecule has 2 N–H and O–H groups in total. The van der Waals surface area contributed by atoms with Crippen LogP contribution in [0.25, 0.3) is 11.3 Å². The van der Waals surface area contributed by atoms with Gasteiger partial charge in [-0.2, -0.15) is 0 Å². The molecule has 1 aromatic heterocycles. The fraction of sp³-hybridized carbons (Fsp3) is 0.438. The fourth-order valence-corrected chi connectivity index (χ4v) is 2.63. The number of fused-ring (bicyclic) bond motifs is 3. The first-order valence-electron chi connectivity index (χ1n) is 7.31. The van der Waals surface area contributed by atoms with E-state index < -0.39 is 0 Å². The molecule has 2 heterocycles. The summed E-state index contributed by atoms with van der Waals surface area (Å²) in [6, 6.07) is 4.06. The van der Waals surface area contributed by atoms with Crippen molar-refractivity contribution in [1.29, 1.82) is 0 Å². The van der Waals surface area contributed by atoms with Crippen LogP contribution >= 0.6 is 0 Å². The largest absolute Gasteiger partial charge is 0.493 e. The Morgan fingerprint density at radius 1 is 1.14 bits per heavy atom. The zero-order valence-electron chi connectivity index (χ0n) is 13.1. The highest BCUT2D eigenvalue weighted by Gasteiger charge is 2.19. The van der Waals surface area contributed by atoms with Crippen molar-refractivity contribution in [1.82, 2.24) is 9.55 Å². The van der Waals surface area contributed by atoms with Crippen LogP contribution in [0.2, 0.25) is 0 Å². The molecule has 0 radical (unpaired) electrons. The average molecular weight is 289 g/mol. The minimum Gasteiger partial charge on any atom is -0.493 e. The standard InChI is InChI=1S/C14H17N3O2.C2H6/c1-18-12-6-9-4-3-5-17-11(8-16-14(17)15)10(9)7-13(12)19-2;1-2/h6-8H,3-5H2,1-2H3,(H2,15,16);1-2H3. The van der Waals surface area contributed by atoms with E-state index in [0.717, 1.165) is 42.1 Å². The molecule has 2 aromatic rings. The van der Waals surface area contributed by atoms with Crippen LogP contribution in [0.15, 0.2) is 18.3 Å². The van der Waals surface area contributed by atoms with Crippen LogP contribution in [0.5, 0.6) is 11.5 Å². The molecule has 5 heteroatoms. The van der Waals surface area contributed by atoms with Gasteiger partial charge >= 0.3 is 0 Å². The van der Waals surface area contributed by atoms with Gasteiger partial charge in [-0.15, -0.1) is 0 Å². The molecule has 114 valence electrons. The quantitative estimate of drug-likeness (QED) is 0.922. The summed E-state index contributed by atoms with van der Waals surface area (Å²) in [6.45, 7) is 4.89. The number of benzene rings is 1. The molecule has 1 aromatic carbocycles. The van der Waals surface area contributed by atoms with Crippen molar-refractivity contribution in [2.75, 3.05) is 20.0 Å². The highest BCUT2D eigenvalue weighted by Crippen LogP contribution is 2.38. The number of nitrogens with zero attached hydrogens (tertiary/aromatic N) is 2. The number of methoxy groups -OCH3 is 2. The Balaban J connectivity index is 0.000000774. The summed E-state index contributed by atoms with van der Waals surface area (Å²) in [7, 11) is 3.30. The Hall–Kier alpha value is -2.17. The summed E-state index contributed by atoms with van der Waals surface area (Å²) in [6.07, 6.45) is 3.86. The molecule has 21 heavy (non-hydrogen) atoms. The van der Waals surface area contributed by atoms with E-state index >= 15 is 0 Å². The SMILES string of the molecule is CC.COc1cc2c(cc1OC)-c1cnc(N)n1CCC2. The number of ether oxygens (including phenoxy) is 2. The van der Waals surface area contributed by atoms with Gasteiger partial charge < -0.3 is 19.8 Å². The lowest BCUT2D eigenvalue weighted by Gasteiger charge is -2.13. The van der Waals surface area contributed by atoms with Gasteiger partial charge in [0.1, 0.15) is 0 Å². The second kappa shape index (κ2) is 6.52. The van der Waals surface area contributed by atoms with E-state index in [4.69, 9.17) is 15.2 Å².